The minimum atomic E-state index is -1.11. The van der Waals surface area contributed by atoms with Gasteiger partial charge in [0, 0.05) is 25.5 Å². The molecule has 1 saturated heterocycles. The molecule has 1 aromatic heterocycles. The summed E-state index contributed by atoms with van der Waals surface area (Å²) in [7, 11) is 0. The van der Waals surface area contributed by atoms with Crippen molar-refractivity contribution >= 4 is 17.8 Å². The van der Waals surface area contributed by atoms with Crippen LogP contribution in [0.5, 0.6) is 11.5 Å². The van der Waals surface area contributed by atoms with Crippen molar-refractivity contribution in [3.8, 4) is 11.5 Å². The van der Waals surface area contributed by atoms with Crippen molar-refractivity contribution in [2.75, 3.05) is 19.6 Å². The second-order valence-corrected chi connectivity index (χ2v) is 10.9. The fraction of sp³-hybridized carbons (Fsp3) is 0.419. The number of piperidine rings is 1. The second-order valence-electron chi connectivity index (χ2n) is 10.9. The van der Waals surface area contributed by atoms with Gasteiger partial charge in [0.25, 0.3) is 0 Å². The summed E-state index contributed by atoms with van der Waals surface area (Å²) in [5.74, 6) is 0.453. The molecule has 0 radical (unpaired) electrons. The Morgan fingerprint density at radius 2 is 1.85 bits per heavy atom. The summed E-state index contributed by atoms with van der Waals surface area (Å²) in [5.41, 5.74) is 2.01. The number of hydrogen-bond donors (Lipinski definition) is 3. The van der Waals surface area contributed by atoms with E-state index in [1.54, 1.807) is 24.3 Å². The van der Waals surface area contributed by atoms with Crippen LogP contribution in [-0.4, -0.2) is 58.6 Å². The first-order chi connectivity index (χ1) is 19.8. The second kappa shape index (κ2) is 12.6. The molecule has 216 valence electrons. The van der Waals surface area contributed by atoms with Crippen LogP contribution in [-0.2, 0) is 40.2 Å². The molecule has 0 unspecified atom stereocenters. The van der Waals surface area contributed by atoms with Crippen molar-refractivity contribution in [2.24, 2.45) is 5.41 Å². The molecule has 0 aliphatic carbocycles. The van der Waals surface area contributed by atoms with Gasteiger partial charge >= 0.3 is 5.97 Å². The molecule has 6 rings (SSSR count). The Kier molecular flexibility index (Phi) is 8.68. The predicted octanol–water partition coefficient (Wildman–Crippen LogP) is 3.49. The maximum Gasteiger partial charge on any atom is 0.326 e. The number of hydrogen-bond acceptors (Lipinski definition) is 7. The quantitative estimate of drug-likeness (QED) is 0.442. The first-order valence-corrected chi connectivity index (χ1v) is 14.1. The number of rotatable bonds is 4. The van der Waals surface area contributed by atoms with Crippen LogP contribution in [0.15, 0.2) is 59.1 Å². The Bertz CT molecular complexity index is 1380. The molecule has 10 heteroatoms. The molecule has 3 aliphatic heterocycles. The van der Waals surface area contributed by atoms with Gasteiger partial charge in [0.05, 0.1) is 17.7 Å². The van der Waals surface area contributed by atoms with Crippen LogP contribution in [0.2, 0.25) is 0 Å². The van der Waals surface area contributed by atoms with E-state index in [1.165, 1.54) is 0 Å². The number of carboxylic acids is 1. The fourth-order valence-corrected chi connectivity index (χ4v) is 5.56. The highest BCUT2D eigenvalue weighted by atomic mass is 16.5. The number of carbonyl (C=O) groups excluding carboxylic acids is 2. The molecule has 4 heterocycles. The topological polar surface area (TPSA) is 134 Å². The SMILES string of the molecule is CCc1cc(CN2CCC3(CC2)Cc2cccc(c2)Oc2ccc(cc2)C[C@@H](C(=O)O)NC(=O)CCNC3=O)on1. The maximum atomic E-state index is 13.7. The zero-order valence-electron chi connectivity index (χ0n) is 23.2. The number of nitrogens with one attached hydrogen (secondary N) is 2. The number of carboxylic acid groups (broad SMARTS) is 1. The lowest BCUT2D eigenvalue weighted by molar-refractivity contribution is -0.142. The molecule has 2 amide bonds. The molecule has 10 nitrogen and oxygen atoms in total. The van der Waals surface area contributed by atoms with Crippen LogP contribution >= 0.6 is 0 Å². The number of aryl methyl sites for hydroxylation is 1. The summed E-state index contributed by atoms with van der Waals surface area (Å²) >= 11 is 0. The van der Waals surface area contributed by atoms with Crippen LogP contribution in [0.25, 0.3) is 0 Å². The Balaban J connectivity index is 1.37. The molecular weight excluding hydrogens is 524 g/mol. The van der Waals surface area contributed by atoms with Crippen molar-refractivity contribution in [2.45, 2.75) is 58.0 Å². The van der Waals surface area contributed by atoms with Crippen LogP contribution < -0.4 is 15.4 Å². The van der Waals surface area contributed by atoms with Gasteiger partial charge in [-0.1, -0.05) is 36.3 Å². The van der Waals surface area contributed by atoms with E-state index in [0.29, 0.717) is 50.4 Å². The Morgan fingerprint density at radius 1 is 1.07 bits per heavy atom. The standard InChI is InChI=1S/C31H36N4O6/c1-2-23-18-26(41-34-23)20-35-14-11-31(12-15-35)19-22-4-3-5-25(16-22)40-24-8-6-21(7-9-24)17-27(29(37)38)33-28(36)10-13-32-30(31)39/h3-9,16,18,27H,2,10-15,17,19-20H2,1H3,(H,32,39)(H,33,36)(H,37,38)/t27-/m0/s1. The highest BCUT2D eigenvalue weighted by molar-refractivity contribution is 5.86. The monoisotopic (exact) mass is 560 g/mol. The number of likely N-dealkylation sites (tertiary alicyclic amines) is 1. The van der Waals surface area contributed by atoms with E-state index in [1.807, 2.05) is 37.3 Å². The number of aliphatic carboxylic acids is 1. The van der Waals surface area contributed by atoms with Gasteiger partial charge in [-0.3, -0.25) is 14.5 Å². The van der Waals surface area contributed by atoms with Crippen molar-refractivity contribution in [3.05, 3.63) is 77.2 Å². The van der Waals surface area contributed by atoms with Gasteiger partial charge in [-0.25, -0.2) is 4.79 Å². The van der Waals surface area contributed by atoms with Gasteiger partial charge in [0.15, 0.2) is 5.76 Å². The molecule has 41 heavy (non-hydrogen) atoms. The van der Waals surface area contributed by atoms with Gasteiger partial charge in [0.1, 0.15) is 17.5 Å². The lowest BCUT2D eigenvalue weighted by Gasteiger charge is -2.40. The Labute approximate surface area is 239 Å². The first kappa shape index (κ1) is 28.4. The maximum absolute atomic E-state index is 13.7. The largest absolute Gasteiger partial charge is 0.480 e. The summed E-state index contributed by atoms with van der Waals surface area (Å²) < 4.78 is 11.6. The summed E-state index contributed by atoms with van der Waals surface area (Å²) in [6.07, 6.45) is 2.73. The van der Waals surface area contributed by atoms with Crippen molar-refractivity contribution in [3.63, 3.8) is 0 Å². The average Bonchev–Trinajstić information content (AvgIpc) is 3.42. The third-order valence-corrected chi connectivity index (χ3v) is 7.96. The molecule has 0 saturated carbocycles. The van der Waals surface area contributed by atoms with E-state index in [9.17, 15) is 19.5 Å². The number of aromatic nitrogens is 1. The van der Waals surface area contributed by atoms with Gasteiger partial charge in [-0.05, 0) is 74.2 Å². The number of nitrogens with zero attached hydrogens (tertiary/aromatic N) is 2. The highest BCUT2D eigenvalue weighted by Crippen LogP contribution is 2.37. The van der Waals surface area contributed by atoms with Gasteiger partial charge in [-0.2, -0.15) is 0 Å². The van der Waals surface area contributed by atoms with E-state index in [0.717, 1.165) is 29.0 Å². The normalized spacial score (nSPS) is 20.0. The summed E-state index contributed by atoms with van der Waals surface area (Å²) in [5, 5.41) is 19.3. The summed E-state index contributed by atoms with van der Waals surface area (Å²) in [6.45, 7) is 4.21. The Morgan fingerprint density at radius 3 is 2.56 bits per heavy atom. The molecular formula is C31H36N4O6. The number of ether oxygens (including phenoxy) is 1. The van der Waals surface area contributed by atoms with Gasteiger partial charge < -0.3 is 25.0 Å². The number of benzene rings is 2. The molecule has 1 atom stereocenters. The van der Waals surface area contributed by atoms with Gasteiger partial charge in [-0.15, -0.1) is 0 Å². The smallest absolute Gasteiger partial charge is 0.326 e. The number of carbonyl (C=O) groups is 3. The molecule has 1 spiro atoms. The molecule has 3 N–H and O–H groups in total. The summed E-state index contributed by atoms with van der Waals surface area (Å²) in [6, 6.07) is 15.9. The molecule has 1 fully saturated rings. The third kappa shape index (κ3) is 7.13. The minimum absolute atomic E-state index is 0.00869. The van der Waals surface area contributed by atoms with Crippen LogP contribution in [0.1, 0.15) is 48.8 Å². The third-order valence-electron chi connectivity index (χ3n) is 7.96. The number of amides is 2. The predicted molar refractivity (Wildman–Crippen MR) is 150 cm³/mol. The molecule has 4 bridgehead atoms. The van der Waals surface area contributed by atoms with Crippen LogP contribution in [0.3, 0.4) is 0 Å². The lowest BCUT2D eigenvalue weighted by Crippen LogP contribution is -2.50. The summed E-state index contributed by atoms with van der Waals surface area (Å²) in [4.78, 5) is 40.4. The van der Waals surface area contributed by atoms with E-state index in [-0.39, 0.29) is 25.3 Å². The van der Waals surface area contributed by atoms with Crippen LogP contribution in [0.4, 0.5) is 0 Å². The first-order valence-electron chi connectivity index (χ1n) is 14.1. The van der Waals surface area contributed by atoms with E-state index < -0.39 is 23.3 Å². The highest BCUT2D eigenvalue weighted by Gasteiger charge is 2.41. The van der Waals surface area contributed by atoms with Crippen LogP contribution in [0, 0.1) is 5.41 Å². The Hall–Kier alpha value is -4.18. The molecule has 3 aliphatic rings. The zero-order chi connectivity index (χ0) is 28.8. The van der Waals surface area contributed by atoms with Gasteiger partial charge in [0.2, 0.25) is 11.8 Å². The zero-order valence-corrected chi connectivity index (χ0v) is 23.2. The van der Waals surface area contributed by atoms with E-state index >= 15 is 0 Å². The molecule has 3 aromatic rings. The van der Waals surface area contributed by atoms with Crippen molar-refractivity contribution in [1.82, 2.24) is 20.7 Å². The fourth-order valence-electron chi connectivity index (χ4n) is 5.56. The lowest BCUT2D eigenvalue weighted by atomic mass is 9.73. The minimum Gasteiger partial charge on any atom is -0.480 e. The van der Waals surface area contributed by atoms with Crippen molar-refractivity contribution < 1.29 is 28.8 Å². The van der Waals surface area contributed by atoms with Crippen molar-refractivity contribution in [1.29, 1.82) is 0 Å². The van der Waals surface area contributed by atoms with E-state index in [4.69, 9.17) is 9.26 Å². The number of fused-ring (bicyclic) bond motifs is 9. The average molecular weight is 561 g/mol. The van der Waals surface area contributed by atoms with E-state index in [2.05, 4.69) is 20.7 Å². The molecule has 2 aromatic carbocycles.